The molecular weight excluding hydrogens is 452 g/mol. The third kappa shape index (κ3) is 4.32. The normalized spacial score (nSPS) is 15.4. The standard InChI is InChI=1S/C26H24N2O5S/c1-5-13-33-25(30)22-16(2)27-26-28(23(22)17-9-7-6-8-10-17)24(29)21(34-26)15-18-14-19(31-3)11-12-20(18)32-4/h5-12,14-15,23H,1,13H2,2-4H3. The Kier molecular flexibility index (Phi) is 6.79. The van der Waals surface area contributed by atoms with Crippen molar-refractivity contribution in [1.29, 1.82) is 0 Å². The van der Waals surface area contributed by atoms with Crippen molar-refractivity contribution < 1.29 is 19.0 Å². The van der Waals surface area contributed by atoms with Crippen molar-refractivity contribution in [2.75, 3.05) is 20.8 Å². The molecule has 0 radical (unpaired) electrons. The lowest BCUT2D eigenvalue weighted by molar-refractivity contribution is -0.138. The lowest BCUT2D eigenvalue weighted by Gasteiger charge is -2.24. The molecular formula is C26H24N2O5S. The van der Waals surface area contributed by atoms with Crippen LogP contribution >= 0.6 is 11.3 Å². The van der Waals surface area contributed by atoms with E-state index in [9.17, 15) is 9.59 Å². The third-order valence-electron chi connectivity index (χ3n) is 5.41. The van der Waals surface area contributed by atoms with Gasteiger partial charge in [0.05, 0.1) is 36.1 Å². The molecule has 8 heteroatoms. The van der Waals surface area contributed by atoms with Crippen LogP contribution in [0.4, 0.5) is 0 Å². The zero-order valence-electron chi connectivity index (χ0n) is 19.1. The van der Waals surface area contributed by atoms with Gasteiger partial charge in [-0.3, -0.25) is 9.36 Å². The van der Waals surface area contributed by atoms with Crippen LogP contribution in [0.2, 0.25) is 0 Å². The number of hydrogen-bond donors (Lipinski definition) is 0. The van der Waals surface area contributed by atoms with Crippen molar-refractivity contribution in [3.63, 3.8) is 0 Å². The number of aromatic nitrogens is 1. The summed E-state index contributed by atoms with van der Waals surface area (Å²) in [4.78, 5) is 31.7. The average Bonchev–Trinajstić information content (AvgIpc) is 3.16. The second-order valence-corrected chi connectivity index (χ2v) is 8.50. The molecule has 1 atom stereocenters. The predicted octanol–water partition coefficient (Wildman–Crippen LogP) is 2.98. The van der Waals surface area contributed by atoms with E-state index < -0.39 is 12.0 Å². The number of benzene rings is 2. The molecule has 174 valence electrons. The molecule has 2 heterocycles. The van der Waals surface area contributed by atoms with Crippen molar-refractivity contribution in [2.24, 2.45) is 4.99 Å². The number of methoxy groups -OCH3 is 2. The van der Waals surface area contributed by atoms with Gasteiger partial charge in [-0.1, -0.05) is 54.3 Å². The number of esters is 1. The maximum absolute atomic E-state index is 13.7. The molecule has 1 aromatic heterocycles. The lowest BCUT2D eigenvalue weighted by Crippen LogP contribution is -2.39. The van der Waals surface area contributed by atoms with Crippen LogP contribution in [0.3, 0.4) is 0 Å². The molecule has 0 bridgehead atoms. The topological polar surface area (TPSA) is 79.1 Å². The summed E-state index contributed by atoms with van der Waals surface area (Å²) in [6.45, 7) is 5.42. The molecule has 0 spiro atoms. The van der Waals surface area contributed by atoms with Gasteiger partial charge in [0.15, 0.2) is 4.80 Å². The second kappa shape index (κ2) is 9.93. The van der Waals surface area contributed by atoms with Crippen LogP contribution in [0.15, 0.2) is 82.2 Å². The Morgan fingerprint density at radius 1 is 1.18 bits per heavy atom. The van der Waals surface area contributed by atoms with Crippen molar-refractivity contribution in [1.82, 2.24) is 4.57 Å². The number of thiazole rings is 1. The van der Waals surface area contributed by atoms with Crippen molar-refractivity contribution in [3.05, 3.63) is 103 Å². The minimum atomic E-state index is -0.663. The summed E-state index contributed by atoms with van der Waals surface area (Å²) in [6.07, 6.45) is 3.25. The van der Waals surface area contributed by atoms with Gasteiger partial charge in [-0.2, -0.15) is 0 Å². The number of hydrogen-bond acceptors (Lipinski definition) is 7. The summed E-state index contributed by atoms with van der Waals surface area (Å²) in [5.74, 6) is 0.722. The van der Waals surface area contributed by atoms with Gasteiger partial charge < -0.3 is 14.2 Å². The smallest absolute Gasteiger partial charge is 0.338 e. The molecule has 3 aromatic rings. The van der Waals surface area contributed by atoms with Crippen LogP contribution < -0.4 is 24.4 Å². The quantitative estimate of drug-likeness (QED) is 0.387. The number of allylic oxidation sites excluding steroid dienone is 1. The van der Waals surface area contributed by atoms with Crippen LogP contribution in [0.1, 0.15) is 24.1 Å². The summed E-state index contributed by atoms with van der Waals surface area (Å²) in [5.41, 5.74) is 2.06. The van der Waals surface area contributed by atoms with Gasteiger partial charge in [-0.25, -0.2) is 9.79 Å². The molecule has 0 saturated carbocycles. The van der Waals surface area contributed by atoms with E-state index in [2.05, 4.69) is 11.6 Å². The molecule has 1 aliphatic heterocycles. The Morgan fingerprint density at radius 3 is 2.62 bits per heavy atom. The van der Waals surface area contributed by atoms with Crippen LogP contribution in [0.25, 0.3) is 6.08 Å². The Morgan fingerprint density at radius 2 is 1.94 bits per heavy atom. The molecule has 0 N–H and O–H groups in total. The van der Waals surface area contributed by atoms with Crippen molar-refractivity contribution in [2.45, 2.75) is 13.0 Å². The molecule has 7 nitrogen and oxygen atoms in total. The highest BCUT2D eigenvalue weighted by molar-refractivity contribution is 7.07. The van der Waals surface area contributed by atoms with Gasteiger partial charge >= 0.3 is 5.97 Å². The predicted molar refractivity (Wildman–Crippen MR) is 131 cm³/mol. The number of nitrogens with zero attached hydrogens (tertiary/aromatic N) is 2. The fourth-order valence-electron chi connectivity index (χ4n) is 3.84. The first kappa shape index (κ1) is 23.3. The third-order valence-corrected chi connectivity index (χ3v) is 6.40. The van der Waals surface area contributed by atoms with E-state index in [0.717, 1.165) is 5.56 Å². The van der Waals surface area contributed by atoms with Gasteiger partial charge in [-0.15, -0.1) is 0 Å². The fraction of sp³-hybridized carbons (Fsp3) is 0.192. The summed E-state index contributed by atoms with van der Waals surface area (Å²) < 4.78 is 18.1. The van der Waals surface area contributed by atoms with Gasteiger partial charge in [0.2, 0.25) is 0 Å². The summed E-state index contributed by atoms with van der Waals surface area (Å²) in [5, 5.41) is 0. The van der Waals surface area contributed by atoms with Crippen LogP contribution in [0, 0.1) is 0 Å². The second-order valence-electron chi connectivity index (χ2n) is 7.49. The first-order valence-corrected chi connectivity index (χ1v) is 11.4. The highest BCUT2D eigenvalue weighted by Gasteiger charge is 2.33. The molecule has 1 unspecified atom stereocenters. The molecule has 34 heavy (non-hydrogen) atoms. The first-order valence-electron chi connectivity index (χ1n) is 10.6. The van der Waals surface area contributed by atoms with Crippen LogP contribution in [-0.2, 0) is 9.53 Å². The molecule has 0 fully saturated rings. The van der Waals surface area contributed by atoms with E-state index in [1.807, 2.05) is 30.3 Å². The molecule has 4 rings (SSSR count). The monoisotopic (exact) mass is 476 g/mol. The minimum absolute atomic E-state index is 0.0666. The summed E-state index contributed by atoms with van der Waals surface area (Å²) in [7, 11) is 3.15. The number of ether oxygens (including phenoxy) is 3. The van der Waals surface area contributed by atoms with Gasteiger partial charge in [-0.05, 0) is 36.8 Å². The number of fused-ring (bicyclic) bond motifs is 1. The van der Waals surface area contributed by atoms with E-state index in [1.54, 1.807) is 50.0 Å². The number of carbonyl (C=O) groups excluding carboxylic acids is 1. The van der Waals surface area contributed by atoms with Crippen molar-refractivity contribution >= 4 is 23.4 Å². The van der Waals surface area contributed by atoms with E-state index in [0.29, 0.717) is 37.7 Å². The van der Waals surface area contributed by atoms with Gasteiger partial charge in [0, 0.05) is 5.56 Å². The summed E-state index contributed by atoms with van der Waals surface area (Å²) in [6, 6.07) is 14.1. The minimum Gasteiger partial charge on any atom is -0.497 e. The highest BCUT2D eigenvalue weighted by Crippen LogP contribution is 2.30. The number of carbonyl (C=O) groups is 1. The Bertz CT molecular complexity index is 1450. The van der Waals surface area contributed by atoms with E-state index in [1.165, 1.54) is 17.4 Å². The zero-order chi connectivity index (χ0) is 24.2. The maximum Gasteiger partial charge on any atom is 0.338 e. The van der Waals surface area contributed by atoms with Crippen LogP contribution in [-0.4, -0.2) is 31.4 Å². The van der Waals surface area contributed by atoms with E-state index in [-0.39, 0.29) is 12.2 Å². The molecule has 2 aromatic carbocycles. The molecule has 1 aliphatic rings. The first-order chi connectivity index (χ1) is 16.5. The van der Waals surface area contributed by atoms with E-state index >= 15 is 0 Å². The molecule has 0 aliphatic carbocycles. The van der Waals surface area contributed by atoms with E-state index in [4.69, 9.17) is 14.2 Å². The van der Waals surface area contributed by atoms with Crippen LogP contribution in [0.5, 0.6) is 11.5 Å². The molecule has 0 saturated heterocycles. The SMILES string of the molecule is C=CCOC(=O)C1=C(C)N=c2sc(=Cc3cc(OC)ccc3OC)c(=O)n2C1c1ccccc1. The largest absolute Gasteiger partial charge is 0.497 e. The van der Waals surface area contributed by atoms with Crippen molar-refractivity contribution in [3.8, 4) is 11.5 Å². The maximum atomic E-state index is 13.7. The van der Waals surface area contributed by atoms with Gasteiger partial charge in [0.25, 0.3) is 5.56 Å². The Labute approximate surface area is 200 Å². The molecule has 0 amide bonds. The Hall–Kier alpha value is -3.91. The lowest BCUT2D eigenvalue weighted by atomic mass is 9.96. The number of rotatable bonds is 7. The Balaban J connectivity index is 1.94. The summed E-state index contributed by atoms with van der Waals surface area (Å²) >= 11 is 1.25. The average molecular weight is 477 g/mol. The van der Waals surface area contributed by atoms with Gasteiger partial charge in [0.1, 0.15) is 18.1 Å². The fourth-order valence-corrected chi connectivity index (χ4v) is 4.88. The highest BCUT2D eigenvalue weighted by atomic mass is 32.1. The zero-order valence-corrected chi connectivity index (χ0v) is 19.9.